The molecule has 124 valence electrons. The van der Waals surface area contributed by atoms with Crippen LogP contribution in [0.15, 0.2) is 54.6 Å². The van der Waals surface area contributed by atoms with Gasteiger partial charge in [0.2, 0.25) is 0 Å². The summed E-state index contributed by atoms with van der Waals surface area (Å²) in [6.07, 6.45) is 5.46. The van der Waals surface area contributed by atoms with Crippen LogP contribution in [-0.2, 0) is 11.8 Å². The summed E-state index contributed by atoms with van der Waals surface area (Å²) in [6, 6.07) is 18.7. The predicted molar refractivity (Wildman–Crippen MR) is 97.5 cm³/mol. The van der Waals surface area contributed by atoms with E-state index in [9.17, 15) is 4.79 Å². The zero-order chi connectivity index (χ0) is 16.4. The number of hydrogen-bond donors (Lipinski definition) is 0. The van der Waals surface area contributed by atoms with E-state index in [0.29, 0.717) is 5.78 Å². The molecule has 1 atom stereocenters. The Morgan fingerprint density at radius 2 is 1.62 bits per heavy atom. The number of likely N-dealkylation sites (tertiary alicyclic amines) is 1. The molecule has 4 rings (SSSR count). The second-order valence-electron chi connectivity index (χ2n) is 7.23. The molecule has 1 aliphatic heterocycles. The molecule has 2 heteroatoms. The Kier molecular flexibility index (Phi) is 4.24. The van der Waals surface area contributed by atoms with Crippen LogP contribution in [0.2, 0.25) is 0 Å². The first-order chi connectivity index (χ1) is 11.8. The van der Waals surface area contributed by atoms with Crippen molar-refractivity contribution in [1.29, 1.82) is 0 Å². The van der Waals surface area contributed by atoms with Gasteiger partial charge in [0, 0.05) is 5.56 Å². The highest BCUT2D eigenvalue weighted by Crippen LogP contribution is 2.41. The fourth-order valence-corrected chi connectivity index (χ4v) is 4.45. The van der Waals surface area contributed by atoms with Crippen molar-refractivity contribution in [2.75, 3.05) is 19.6 Å². The largest absolute Gasteiger partial charge is 0.303 e. The lowest BCUT2D eigenvalue weighted by Crippen LogP contribution is -2.42. The molecule has 2 nitrogen and oxygen atoms in total. The number of benzene rings is 2. The number of aryl methyl sites for hydroxylation is 1. The van der Waals surface area contributed by atoms with E-state index in [1.165, 1.54) is 37.1 Å². The molecule has 0 amide bonds. The monoisotopic (exact) mass is 319 g/mol. The summed E-state index contributed by atoms with van der Waals surface area (Å²) >= 11 is 0. The Balaban J connectivity index is 1.70. The average molecular weight is 319 g/mol. The van der Waals surface area contributed by atoms with Gasteiger partial charge in [0.25, 0.3) is 0 Å². The topological polar surface area (TPSA) is 20.3 Å². The van der Waals surface area contributed by atoms with E-state index in [4.69, 9.17) is 0 Å². The Bertz CT molecular complexity index is 718. The van der Waals surface area contributed by atoms with Crippen molar-refractivity contribution in [3.63, 3.8) is 0 Å². The van der Waals surface area contributed by atoms with Crippen LogP contribution in [0.1, 0.15) is 47.2 Å². The van der Waals surface area contributed by atoms with Crippen LogP contribution in [0.4, 0.5) is 0 Å². The molecule has 2 aliphatic rings. The van der Waals surface area contributed by atoms with Gasteiger partial charge < -0.3 is 4.90 Å². The second-order valence-corrected chi connectivity index (χ2v) is 7.23. The Hall–Kier alpha value is -1.93. The molecule has 0 radical (unpaired) electrons. The van der Waals surface area contributed by atoms with E-state index in [2.05, 4.69) is 35.2 Å². The number of fused-ring (bicyclic) bond motifs is 1. The van der Waals surface area contributed by atoms with Crippen LogP contribution in [0.25, 0.3) is 0 Å². The van der Waals surface area contributed by atoms with E-state index < -0.39 is 0 Å². The maximum absolute atomic E-state index is 13.5. The van der Waals surface area contributed by atoms with Crippen molar-refractivity contribution in [2.24, 2.45) is 0 Å². The third-order valence-corrected chi connectivity index (χ3v) is 5.90. The van der Waals surface area contributed by atoms with Crippen LogP contribution in [0.5, 0.6) is 0 Å². The van der Waals surface area contributed by atoms with Gasteiger partial charge in [-0.05, 0) is 62.9 Å². The second kappa shape index (κ2) is 6.52. The number of nitrogens with zero attached hydrogens (tertiary/aromatic N) is 1. The van der Waals surface area contributed by atoms with Crippen molar-refractivity contribution in [3.05, 3.63) is 71.3 Å². The highest BCUT2D eigenvalue weighted by molar-refractivity contribution is 6.06. The molecule has 1 unspecified atom stereocenters. The Morgan fingerprint density at radius 3 is 2.42 bits per heavy atom. The van der Waals surface area contributed by atoms with Gasteiger partial charge in [0.1, 0.15) is 0 Å². The summed E-state index contributed by atoms with van der Waals surface area (Å²) in [7, 11) is 0. The lowest BCUT2D eigenvalue weighted by molar-refractivity contribution is 0.0837. The molecule has 2 aromatic rings. The minimum absolute atomic E-state index is 0.328. The summed E-state index contributed by atoms with van der Waals surface area (Å²) < 4.78 is 0. The fourth-order valence-electron chi connectivity index (χ4n) is 4.45. The third-order valence-electron chi connectivity index (χ3n) is 5.90. The number of carbonyl (C=O) groups excluding carboxylic acids is 1. The van der Waals surface area contributed by atoms with Crippen LogP contribution >= 0.6 is 0 Å². The highest BCUT2D eigenvalue weighted by Gasteiger charge is 2.43. The first-order valence-corrected chi connectivity index (χ1v) is 9.20. The molecule has 1 saturated heterocycles. The minimum Gasteiger partial charge on any atom is -0.303 e. The smallest absolute Gasteiger partial charge is 0.173 e. The molecule has 2 aromatic carbocycles. The molecule has 0 N–H and O–H groups in total. The zero-order valence-corrected chi connectivity index (χ0v) is 14.2. The van der Waals surface area contributed by atoms with Crippen LogP contribution < -0.4 is 0 Å². The van der Waals surface area contributed by atoms with E-state index >= 15 is 0 Å². The summed E-state index contributed by atoms with van der Waals surface area (Å²) in [5.74, 6) is 0.328. The van der Waals surface area contributed by atoms with Gasteiger partial charge in [-0.15, -0.1) is 0 Å². The van der Waals surface area contributed by atoms with E-state index in [1.54, 1.807) is 0 Å². The van der Waals surface area contributed by atoms with Crippen molar-refractivity contribution >= 4 is 5.78 Å². The van der Waals surface area contributed by atoms with Crippen LogP contribution in [-0.4, -0.2) is 30.3 Å². The normalized spacial score (nSPS) is 24.1. The van der Waals surface area contributed by atoms with E-state index in [0.717, 1.165) is 31.4 Å². The molecule has 0 bridgehead atoms. The SMILES string of the molecule is O=C1c2ccccc2CCC1(CCN1CCCC1)c1ccccc1. The molecule has 0 spiro atoms. The average Bonchev–Trinajstić information content (AvgIpc) is 3.16. The number of hydrogen-bond acceptors (Lipinski definition) is 2. The number of carbonyl (C=O) groups is 1. The predicted octanol–water partition coefficient (Wildman–Crippen LogP) is 4.24. The summed E-state index contributed by atoms with van der Waals surface area (Å²) in [6.45, 7) is 3.41. The van der Waals surface area contributed by atoms with Gasteiger partial charge in [-0.25, -0.2) is 0 Å². The van der Waals surface area contributed by atoms with E-state index in [-0.39, 0.29) is 5.41 Å². The van der Waals surface area contributed by atoms with Gasteiger partial charge in [0.05, 0.1) is 5.41 Å². The first kappa shape index (κ1) is 15.6. The van der Waals surface area contributed by atoms with Gasteiger partial charge in [-0.3, -0.25) is 4.79 Å². The minimum atomic E-state index is -0.349. The van der Waals surface area contributed by atoms with Gasteiger partial charge in [-0.1, -0.05) is 54.6 Å². The first-order valence-electron chi connectivity index (χ1n) is 9.20. The van der Waals surface area contributed by atoms with Crippen molar-refractivity contribution in [2.45, 2.75) is 37.5 Å². The number of Topliss-reactive ketones (excluding diaryl/α,β-unsaturated/α-hetero) is 1. The third kappa shape index (κ3) is 2.69. The Morgan fingerprint density at radius 1 is 0.917 bits per heavy atom. The van der Waals surface area contributed by atoms with Gasteiger partial charge >= 0.3 is 0 Å². The Labute approximate surface area is 144 Å². The number of rotatable bonds is 4. The van der Waals surface area contributed by atoms with Crippen molar-refractivity contribution < 1.29 is 4.79 Å². The maximum atomic E-state index is 13.5. The summed E-state index contributed by atoms with van der Waals surface area (Å²) in [5.41, 5.74) is 3.01. The lowest BCUT2D eigenvalue weighted by Gasteiger charge is -2.38. The number of ketones is 1. The van der Waals surface area contributed by atoms with Crippen LogP contribution in [0, 0.1) is 0 Å². The molecular weight excluding hydrogens is 294 g/mol. The quantitative estimate of drug-likeness (QED) is 0.840. The molecule has 0 saturated carbocycles. The van der Waals surface area contributed by atoms with Crippen molar-refractivity contribution in [1.82, 2.24) is 4.90 Å². The molecular formula is C22H25NO. The highest BCUT2D eigenvalue weighted by atomic mass is 16.1. The summed E-state index contributed by atoms with van der Waals surface area (Å²) in [5, 5.41) is 0. The lowest BCUT2D eigenvalue weighted by atomic mass is 9.64. The fraction of sp³-hybridized carbons (Fsp3) is 0.409. The molecule has 1 aliphatic carbocycles. The molecule has 24 heavy (non-hydrogen) atoms. The van der Waals surface area contributed by atoms with Gasteiger partial charge in [0.15, 0.2) is 5.78 Å². The molecule has 1 fully saturated rings. The molecule has 1 heterocycles. The maximum Gasteiger partial charge on any atom is 0.173 e. The van der Waals surface area contributed by atoms with Gasteiger partial charge in [-0.2, -0.15) is 0 Å². The standard InChI is InChI=1S/C22H25NO/c24-21-20-11-5-4-8-18(20)12-13-22(21,19-9-2-1-3-10-19)14-17-23-15-6-7-16-23/h1-5,8-11H,6-7,12-17H2. The van der Waals surface area contributed by atoms with E-state index in [1.807, 2.05) is 24.3 Å². The summed E-state index contributed by atoms with van der Waals surface area (Å²) in [4.78, 5) is 16.1. The van der Waals surface area contributed by atoms with Crippen LogP contribution in [0.3, 0.4) is 0 Å². The zero-order valence-electron chi connectivity index (χ0n) is 14.2. The van der Waals surface area contributed by atoms with Crippen molar-refractivity contribution in [3.8, 4) is 0 Å². The molecule has 0 aromatic heterocycles.